The number of carbonyl (C=O) groups is 2. The van der Waals surface area contributed by atoms with Crippen LogP contribution in [0.15, 0.2) is 91.3 Å². The van der Waals surface area contributed by atoms with Gasteiger partial charge in [0, 0.05) is 51.4 Å². The summed E-state index contributed by atoms with van der Waals surface area (Å²) < 4.78 is 14.4. The van der Waals surface area contributed by atoms with Gasteiger partial charge in [-0.2, -0.15) is 0 Å². The van der Waals surface area contributed by atoms with E-state index in [-0.39, 0.29) is 6.42 Å². The van der Waals surface area contributed by atoms with Crippen LogP contribution in [0.3, 0.4) is 0 Å². The number of carboxylic acid groups (broad SMARTS) is 2. The minimum absolute atomic E-state index is 0.0775. The molecule has 0 fully saturated rings. The summed E-state index contributed by atoms with van der Waals surface area (Å²) in [5.41, 5.74) is 5.37. The second kappa shape index (κ2) is 15.5. The van der Waals surface area contributed by atoms with E-state index in [0.29, 0.717) is 41.1 Å². The van der Waals surface area contributed by atoms with Gasteiger partial charge in [-0.25, -0.2) is 14.8 Å². The van der Waals surface area contributed by atoms with Gasteiger partial charge < -0.3 is 28.8 Å². The van der Waals surface area contributed by atoms with E-state index in [0.717, 1.165) is 50.7 Å². The van der Waals surface area contributed by atoms with Crippen molar-refractivity contribution >= 4 is 63.3 Å². The Kier molecular flexibility index (Phi) is 11.0. The summed E-state index contributed by atoms with van der Waals surface area (Å²) >= 11 is 11.9. The average Bonchev–Trinajstić information content (AvgIpc) is 3.61. The molecule has 0 saturated carbocycles. The lowest BCUT2D eigenvalue weighted by molar-refractivity contribution is -0.137. The van der Waals surface area contributed by atoms with Crippen LogP contribution in [0.4, 0.5) is 0 Å². The first-order valence-corrected chi connectivity index (χ1v) is 15.6. The third-order valence-corrected chi connectivity index (χ3v) is 8.01. The molecule has 2 N–H and O–H groups in total. The molecular weight excluding hydrogens is 655 g/mol. The highest BCUT2D eigenvalue weighted by atomic mass is 35.5. The normalized spacial score (nSPS) is 11.1. The molecule has 2 aromatic carbocycles. The fraction of sp³-hybridized carbons (Fsp3) is 0.167. The van der Waals surface area contributed by atoms with Gasteiger partial charge in [0.25, 0.3) is 0 Å². The van der Waals surface area contributed by atoms with Gasteiger partial charge in [-0.1, -0.05) is 47.5 Å². The van der Waals surface area contributed by atoms with E-state index in [2.05, 4.69) is 9.97 Å². The van der Waals surface area contributed by atoms with Crippen LogP contribution in [0.5, 0.6) is 11.5 Å². The van der Waals surface area contributed by atoms with E-state index >= 15 is 0 Å². The second-order valence-corrected chi connectivity index (χ2v) is 11.6. The highest BCUT2D eigenvalue weighted by molar-refractivity contribution is 6.30. The molecule has 0 spiro atoms. The molecule has 0 atom stereocenters. The van der Waals surface area contributed by atoms with E-state index in [1.54, 1.807) is 32.7 Å². The Balaban J connectivity index is 0.000000188. The number of aryl methyl sites for hydroxylation is 1. The van der Waals surface area contributed by atoms with E-state index in [9.17, 15) is 9.59 Å². The highest BCUT2D eigenvalue weighted by Gasteiger charge is 2.14. The molecule has 0 aliphatic carbocycles. The molecule has 0 unspecified atom stereocenters. The maximum absolute atomic E-state index is 10.9. The minimum atomic E-state index is -0.996. The zero-order chi connectivity index (χ0) is 34.2. The second-order valence-electron chi connectivity index (χ2n) is 10.8. The van der Waals surface area contributed by atoms with Crippen molar-refractivity contribution < 1.29 is 29.3 Å². The van der Waals surface area contributed by atoms with Crippen molar-refractivity contribution in [3.05, 3.63) is 124 Å². The minimum Gasteiger partial charge on any atom is -0.495 e. The van der Waals surface area contributed by atoms with Crippen molar-refractivity contribution in [2.24, 2.45) is 0 Å². The summed E-state index contributed by atoms with van der Waals surface area (Å²) in [7, 11) is 3.18. The van der Waals surface area contributed by atoms with Crippen LogP contribution in [0.2, 0.25) is 10.0 Å². The molecule has 6 aromatic rings. The third-order valence-electron chi connectivity index (χ3n) is 7.51. The first-order valence-electron chi connectivity index (χ1n) is 14.8. The topological polar surface area (TPSA) is 129 Å². The third kappa shape index (κ3) is 8.52. The van der Waals surface area contributed by atoms with E-state index < -0.39 is 11.9 Å². The van der Waals surface area contributed by atoms with Crippen molar-refractivity contribution in [3.8, 4) is 11.5 Å². The molecular formula is C36H32Cl2N4O6. The number of aromatic nitrogens is 4. The molecule has 4 aromatic heterocycles. The number of hydrogen-bond acceptors (Lipinski definition) is 6. The summed E-state index contributed by atoms with van der Waals surface area (Å²) in [4.78, 5) is 30.7. The number of fused-ring (bicyclic) bond motifs is 2. The maximum Gasteiger partial charge on any atom is 0.328 e. The van der Waals surface area contributed by atoms with Gasteiger partial charge in [-0.3, -0.25) is 4.79 Å². The molecule has 12 heteroatoms. The molecule has 0 radical (unpaired) electrons. The summed E-state index contributed by atoms with van der Waals surface area (Å²) in [6, 6.07) is 22.8. The summed E-state index contributed by atoms with van der Waals surface area (Å²) in [6.07, 6.45) is 6.51. The number of ether oxygens (including phenoxy) is 2. The van der Waals surface area contributed by atoms with Gasteiger partial charge in [-0.05, 0) is 72.2 Å². The Morgan fingerprint density at radius 3 is 1.75 bits per heavy atom. The van der Waals surface area contributed by atoms with E-state index in [1.807, 2.05) is 81.9 Å². The first-order chi connectivity index (χ1) is 23.1. The van der Waals surface area contributed by atoms with Crippen LogP contribution < -0.4 is 9.47 Å². The van der Waals surface area contributed by atoms with Crippen molar-refractivity contribution in [2.75, 3.05) is 14.2 Å². The maximum atomic E-state index is 10.9. The number of carboxylic acids is 2. The quantitative estimate of drug-likeness (QED) is 0.133. The lowest BCUT2D eigenvalue weighted by Gasteiger charge is -2.10. The van der Waals surface area contributed by atoms with Crippen molar-refractivity contribution in [1.29, 1.82) is 0 Å². The number of benzene rings is 2. The molecule has 0 amide bonds. The number of rotatable bonds is 11. The predicted molar refractivity (Wildman–Crippen MR) is 186 cm³/mol. The first kappa shape index (κ1) is 34.0. The lowest BCUT2D eigenvalue weighted by Crippen LogP contribution is -2.07. The standard InChI is InChI=1S/C18H17ClN2O3.C18H15ClN2O3/c2*1-24-16-9-13-8-15(6-7-17(22)23)21(18(13)20-10-16)11-12-2-4-14(19)5-3-12/h2-5,8-10H,6-7,11H2,1H3,(H,22,23);2-10H,11H2,1H3,(H,22,23)/b;7-6+. The number of hydrogen-bond donors (Lipinski definition) is 2. The zero-order valence-corrected chi connectivity index (χ0v) is 27.7. The van der Waals surface area contributed by atoms with Gasteiger partial charge in [0.1, 0.15) is 22.8 Å². The number of pyridine rings is 2. The Hall–Kier alpha value is -5.32. The number of aliphatic carboxylic acids is 2. The van der Waals surface area contributed by atoms with Crippen molar-refractivity contribution in [3.63, 3.8) is 0 Å². The molecule has 10 nitrogen and oxygen atoms in total. The fourth-order valence-corrected chi connectivity index (χ4v) is 5.42. The molecule has 0 bridgehead atoms. The Labute approximate surface area is 286 Å². The summed E-state index contributed by atoms with van der Waals surface area (Å²) in [5.74, 6) is -0.483. The van der Waals surface area contributed by atoms with Gasteiger partial charge in [0.15, 0.2) is 0 Å². The fourth-order valence-electron chi connectivity index (χ4n) is 5.17. The molecule has 0 saturated heterocycles. The molecule has 0 aliphatic heterocycles. The Morgan fingerprint density at radius 2 is 1.25 bits per heavy atom. The van der Waals surface area contributed by atoms with Crippen molar-refractivity contribution in [2.45, 2.75) is 25.9 Å². The van der Waals surface area contributed by atoms with Crippen LogP contribution in [-0.2, 0) is 29.1 Å². The largest absolute Gasteiger partial charge is 0.495 e. The van der Waals surface area contributed by atoms with Gasteiger partial charge in [-0.15, -0.1) is 0 Å². The molecule has 0 aliphatic rings. The number of halogens is 2. The van der Waals surface area contributed by atoms with Gasteiger partial charge >= 0.3 is 11.9 Å². The molecule has 4 heterocycles. The molecule has 246 valence electrons. The molecule has 6 rings (SSSR count). The number of nitrogens with zero attached hydrogens (tertiary/aromatic N) is 4. The number of methoxy groups -OCH3 is 2. The van der Waals surface area contributed by atoms with Crippen LogP contribution in [0.1, 0.15) is 28.9 Å². The van der Waals surface area contributed by atoms with E-state index in [4.69, 9.17) is 42.9 Å². The van der Waals surface area contributed by atoms with Crippen molar-refractivity contribution in [1.82, 2.24) is 19.1 Å². The smallest absolute Gasteiger partial charge is 0.328 e. The Bertz CT molecular complexity index is 2090. The van der Waals surface area contributed by atoms with E-state index in [1.165, 1.54) is 0 Å². The predicted octanol–water partition coefficient (Wildman–Crippen LogP) is 7.61. The van der Waals surface area contributed by atoms with Crippen LogP contribution >= 0.6 is 23.2 Å². The summed E-state index contributed by atoms with van der Waals surface area (Å²) in [6.45, 7) is 1.16. The average molecular weight is 688 g/mol. The SMILES string of the molecule is COc1cnc2c(c1)cc(/C=C/C(=O)O)n2Cc1ccc(Cl)cc1.COc1cnc2c(c1)cc(CCC(=O)O)n2Cc1ccc(Cl)cc1. The van der Waals surface area contributed by atoms with Gasteiger partial charge in [0.05, 0.1) is 33.0 Å². The Morgan fingerprint density at radius 1 is 0.750 bits per heavy atom. The van der Waals surface area contributed by atoms with Crippen LogP contribution in [-0.4, -0.2) is 55.5 Å². The van der Waals surface area contributed by atoms with Crippen LogP contribution in [0, 0.1) is 0 Å². The lowest BCUT2D eigenvalue weighted by atomic mass is 10.2. The van der Waals surface area contributed by atoms with Crippen LogP contribution in [0.25, 0.3) is 28.1 Å². The summed E-state index contributed by atoms with van der Waals surface area (Å²) in [5, 5.41) is 21.1. The highest BCUT2D eigenvalue weighted by Crippen LogP contribution is 2.26. The molecule has 48 heavy (non-hydrogen) atoms. The van der Waals surface area contributed by atoms with Gasteiger partial charge in [0.2, 0.25) is 0 Å². The monoisotopic (exact) mass is 686 g/mol. The zero-order valence-electron chi connectivity index (χ0n) is 26.1.